The number of carboxylic acids is 1. The number of carboxylic acid groups (broad SMARTS) is 1. The maximum atomic E-state index is 11.4. The van der Waals surface area contributed by atoms with Crippen molar-refractivity contribution in [2.75, 3.05) is 24.5 Å². The Labute approximate surface area is 95.3 Å². The minimum atomic E-state index is -1.33. The van der Waals surface area contributed by atoms with Gasteiger partial charge in [-0.15, -0.1) is 0 Å². The summed E-state index contributed by atoms with van der Waals surface area (Å²) in [6, 6.07) is 0. The topological polar surface area (TPSA) is 115 Å². The van der Waals surface area contributed by atoms with E-state index in [1.54, 1.807) is 4.90 Å². The van der Waals surface area contributed by atoms with Crippen molar-refractivity contribution in [2.24, 2.45) is 0 Å². The summed E-state index contributed by atoms with van der Waals surface area (Å²) in [6.07, 6.45) is 0.989. The van der Waals surface area contributed by atoms with Gasteiger partial charge in [-0.1, -0.05) is 0 Å². The molecule has 1 amide bonds. The van der Waals surface area contributed by atoms with Crippen molar-refractivity contribution in [2.45, 2.75) is 0 Å². The van der Waals surface area contributed by atoms with Crippen LogP contribution in [0.25, 0.3) is 0 Å². The summed E-state index contributed by atoms with van der Waals surface area (Å²) >= 11 is 0. The van der Waals surface area contributed by atoms with E-state index in [0.29, 0.717) is 13.1 Å². The molecular formula is C9H10N4O4. The molecule has 0 unspecified atom stereocenters. The van der Waals surface area contributed by atoms with Gasteiger partial charge in [0.15, 0.2) is 0 Å². The fourth-order valence-electron chi connectivity index (χ4n) is 1.52. The molecule has 1 aliphatic heterocycles. The second-order valence-corrected chi connectivity index (χ2v) is 3.53. The fourth-order valence-corrected chi connectivity index (χ4v) is 1.52. The normalized spacial score (nSPS) is 15.5. The first-order valence-electron chi connectivity index (χ1n) is 4.92. The van der Waals surface area contributed by atoms with Gasteiger partial charge in [0.25, 0.3) is 5.56 Å². The SMILES string of the molecule is O=C1CN(c2ncc(C(=O)O)c(=O)[nH]2)CCN1. The maximum Gasteiger partial charge on any atom is 0.342 e. The standard InChI is InChI=1S/C9H10N4O4/c14-6-4-13(2-1-10-6)9-11-3-5(8(16)17)7(15)12-9/h3H,1-2,4H2,(H,10,14)(H,16,17)(H,11,12,15). The minimum Gasteiger partial charge on any atom is -0.477 e. The molecule has 1 aromatic rings. The Kier molecular flexibility index (Phi) is 2.77. The van der Waals surface area contributed by atoms with Gasteiger partial charge in [-0.25, -0.2) is 9.78 Å². The average molecular weight is 238 g/mol. The van der Waals surface area contributed by atoms with Crippen LogP contribution < -0.4 is 15.8 Å². The van der Waals surface area contributed by atoms with E-state index >= 15 is 0 Å². The summed E-state index contributed by atoms with van der Waals surface area (Å²) in [7, 11) is 0. The van der Waals surface area contributed by atoms with Crippen LogP contribution in [-0.2, 0) is 4.79 Å². The number of anilines is 1. The van der Waals surface area contributed by atoms with Gasteiger partial charge < -0.3 is 15.3 Å². The number of piperazine rings is 1. The molecule has 0 aromatic carbocycles. The van der Waals surface area contributed by atoms with Crippen molar-refractivity contribution in [3.63, 3.8) is 0 Å². The van der Waals surface area contributed by atoms with Crippen LogP contribution in [0.5, 0.6) is 0 Å². The molecule has 1 saturated heterocycles. The van der Waals surface area contributed by atoms with Crippen molar-refractivity contribution >= 4 is 17.8 Å². The number of carbonyl (C=O) groups excluding carboxylic acids is 1. The highest BCUT2D eigenvalue weighted by molar-refractivity contribution is 5.87. The number of rotatable bonds is 2. The zero-order chi connectivity index (χ0) is 12.4. The van der Waals surface area contributed by atoms with Crippen molar-refractivity contribution < 1.29 is 14.7 Å². The number of amides is 1. The van der Waals surface area contributed by atoms with Crippen molar-refractivity contribution in [1.29, 1.82) is 0 Å². The van der Waals surface area contributed by atoms with E-state index in [2.05, 4.69) is 15.3 Å². The Morgan fingerprint density at radius 2 is 2.24 bits per heavy atom. The molecule has 0 saturated carbocycles. The highest BCUT2D eigenvalue weighted by Crippen LogP contribution is 2.05. The van der Waals surface area contributed by atoms with Gasteiger partial charge in [-0.05, 0) is 0 Å². The highest BCUT2D eigenvalue weighted by atomic mass is 16.4. The molecule has 1 aromatic heterocycles. The third kappa shape index (κ3) is 2.25. The van der Waals surface area contributed by atoms with Crippen molar-refractivity contribution in [3.05, 3.63) is 22.1 Å². The summed E-state index contributed by atoms with van der Waals surface area (Å²) in [6.45, 7) is 1.07. The lowest BCUT2D eigenvalue weighted by Crippen LogP contribution is -2.48. The Balaban J connectivity index is 2.28. The first-order valence-corrected chi connectivity index (χ1v) is 4.92. The van der Waals surface area contributed by atoms with Crippen LogP contribution in [0.15, 0.2) is 11.0 Å². The summed E-state index contributed by atoms with van der Waals surface area (Å²) in [5.74, 6) is -1.29. The van der Waals surface area contributed by atoms with Crippen LogP contribution in [0, 0.1) is 0 Å². The number of aromatic carboxylic acids is 1. The van der Waals surface area contributed by atoms with E-state index in [1.807, 2.05) is 0 Å². The van der Waals surface area contributed by atoms with Gasteiger partial charge in [-0.3, -0.25) is 14.6 Å². The first-order chi connectivity index (χ1) is 8.08. The van der Waals surface area contributed by atoms with Gasteiger partial charge in [0.1, 0.15) is 5.56 Å². The zero-order valence-electron chi connectivity index (χ0n) is 8.77. The lowest BCUT2D eigenvalue weighted by molar-refractivity contribution is -0.120. The summed E-state index contributed by atoms with van der Waals surface area (Å²) in [5.41, 5.74) is -1.15. The number of H-pyrrole nitrogens is 1. The van der Waals surface area contributed by atoms with Gasteiger partial charge >= 0.3 is 5.97 Å². The Morgan fingerprint density at radius 3 is 2.82 bits per heavy atom. The number of hydrogen-bond donors (Lipinski definition) is 3. The van der Waals surface area contributed by atoms with E-state index < -0.39 is 17.1 Å². The number of nitrogens with one attached hydrogen (secondary N) is 2. The number of hydrogen-bond acceptors (Lipinski definition) is 5. The van der Waals surface area contributed by atoms with E-state index in [9.17, 15) is 14.4 Å². The van der Waals surface area contributed by atoms with Crippen LogP contribution in [0.1, 0.15) is 10.4 Å². The van der Waals surface area contributed by atoms with E-state index in [0.717, 1.165) is 6.20 Å². The molecule has 3 N–H and O–H groups in total. The first kappa shape index (κ1) is 11.1. The second kappa shape index (κ2) is 4.24. The smallest absolute Gasteiger partial charge is 0.342 e. The predicted molar refractivity (Wildman–Crippen MR) is 57.0 cm³/mol. The molecule has 0 spiro atoms. The lowest BCUT2D eigenvalue weighted by Gasteiger charge is -2.26. The van der Waals surface area contributed by atoms with Crippen LogP contribution in [0.4, 0.5) is 5.95 Å². The van der Waals surface area contributed by atoms with Crippen LogP contribution >= 0.6 is 0 Å². The van der Waals surface area contributed by atoms with Crippen LogP contribution in [-0.4, -0.2) is 46.6 Å². The number of aromatic nitrogens is 2. The van der Waals surface area contributed by atoms with Gasteiger partial charge in [0, 0.05) is 13.1 Å². The number of nitrogens with zero attached hydrogens (tertiary/aromatic N) is 2. The molecule has 90 valence electrons. The zero-order valence-corrected chi connectivity index (χ0v) is 8.77. The summed E-state index contributed by atoms with van der Waals surface area (Å²) < 4.78 is 0. The van der Waals surface area contributed by atoms with Gasteiger partial charge in [0.05, 0.1) is 12.7 Å². The molecule has 0 atom stereocenters. The molecule has 1 fully saturated rings. The molecule has 17 heavy (non-hydrogen) atoms. The number of carbonyl (C=O) groups is 2. The second-order valence-electron chi connectivity index (χ2n) is 3.53. The Bertz CT molecular complexity index is 524. The third-order valence-corrected chi connectivity index (χ3v) is 2.35. The minimum absolute atomic E-state index is 0.0926. The quantitative estimate of drug-likeness (QED) is 0.571. The Morgan fingerprint density at radius 1 is 1.47 bits per heavy atom. The van der Waals surface area contributed by atoms with Crippen LogP contribution in [0.3, 0.4) is 0 Å². The van der Waals surface area contributed by atoms with E-state index in [-0.39, 0.29) is 18.4 Å². The summed E-state index contributed by atoms with van der Waals surface area (Å²) in [4.78, 5) is 40.9. The molecule has 8 nitrogen and oxygen atoms in total. The van der Waals surface area contributed by atoms with Gasteiger partial charge in [0.2, 0.25) is 11.9 Å². The molecule has 2 heterocycles. The average Bonchev–Trinajstić information content (AvgIpc) is 2.28. The highest BCUT2D eigenvalue weighted by Gasteiger charge is 2.19. The molecule has 2 rings (SSSR count). The van der Waals surface area contributed by atoms with Crippen molar-refractivity contribution in [1.82, 2.24) is 15.3 Å². The maximum absolute atomic E-state index is 11.4. The predicted octanol–water partition coefficient (Wildman–Crippen LogP) is -1.60. The molecule has 1 aliphatic rings. The van der Waals surface area contributed by atoms with E-state index in [1.165, 1.54) is 0 Å². The lowest BCUT2D eigenvalue weighted by atomic mass is 10.3. The monoisotopic (exact) mass is 238 g/mol. The van der Waals surface area contributed by atoms with E-state index in [4.69, 9.17) is 5.11 Å². The Hall–Kier alpha value is -2.38. The fraction of sp³-hybridized carbons (Fsp3) is 0.333. The molecule has 8 heteroatoms. The third-order valence-electron chi connectivity index (χ3n) is 2.35. The molecular weight excluding hydrogens is 228 g/mol. The van der Waals surface area contributed by atoms with Gasteiger partial charge in [-0.2, -0.15) is 0 Å². The van der Waals surface area contributed by atoms with Crippen molar-refractivity contribution in [3.8, 4) is 0 Å². The molecule has 0 aliphatic carbocycles. The summed E-state index contributed by atoms with van der Waals surface area (Å²) in [5, 5.41) is 11.3. The van der Waals surface area contributed by atoms with Crippen LogP contribution in [0.2, 0.25) is 0 Å². The largest absolute Gasteiger partial charge is 0.477 e. The molecule has 0 bridgehead atoms. The number of aromatic amines is 1. The molecule has 0 radical (unpaired) electrons.